The van der Waals surface area contributed by atoms with E-state index in [1.807, 2.05) is 10.9 Å². The molecule has 1 fully saturated rings. The number of anilines is 1. The quantitative estimate of drug-likeness (QED) is 0.494. The summed E-state index contributed by atoms with van der Waals surface area (Å²) in [5.74, 6) is 0.284. The Morgan fingerprint density at radius 3 is 2.97 bits per heavy atom. The molecule has 9 nitrogen and oxygen atoms in total. The van der Waals surface area contributed by atoms with Gasteiger partial charge in [-0.2, -0.15) is 10.2 Å². The van der Waals surface area contributed by atoms with Crippen molar-refractivity contribution in [3.05, 3.63) is 59.6 Å². The number of methoxy groups -OCH3 is 1. The van der Waals surface area contributed by atoms with Crippen molar-refractivity contribution >= 4 is 28.8 Å². The number of hydrogen-bond acceptors (Lipinski definition) is 6. The van der Waals surface area contributed by atoms with Crippen LogP contribution < -0.4 is 10.1 Å². The molecule has 3 aromatic heterocycles. The smallest absolute Gasteiger partial charge is 0.261 e. The third-order valence-electron chi connectivity index (χ3n) is 5.49. The first kappa shape index (κ1) is 20.5. The number of nitrogens with one attached hydrogen (secondary N) is 1. The molecule has 0 atom stereocenters. The van der Waals surface area contributed by atoms with Crippen LogP contribution in [0.5, 0.6) is 5.75 Å². The van der Waals surface area contributed by atoms with E-state index in [0.29, 0.717) is 52.1 Å². The molecule has 1 N–H and O–H groups in total. The molecule has 0 spiro atoms. The highest BCUT2D eigenvalue weighted by Crippen LogP contribution is 2.37. The average molecular weight is 453 g/mol. The zero-order chi connectivity index (χ0) is 22.1. The number of nitrogens with zero attached hydrogens (tertiary/aromatic N) is 5. The molecule has 10 heteroatoms. The van der Waals surface area contributed by atoms with Crippen LogP contribution in [-0.2, 0) is 4.74 Å². The van der Waals surface area contributed by atoms with Gasteiger partial charge in [0.25, 0.3) is 5.91 Å². The van der Waals surface area contributed by atoms with Gasteiger partial charge in [0.1, 0.15) is 17.0 Å². The summed E-state index contributed by atoms with van der Waals surface area (Å²) in [7, 11) is 1.59. The number of fused-ring (bicyclic) bond motifs is 1. The van der Waals surface area contributed by atoms with Crippen LogP contribution >= 0.6 is 11.6 Å². The van der Waals surface area contributed by atoms with Crippen LogP contribution in [0.2, 0.25) is 5.02 Å². The molecule has 1 aliphatic rings. The summed E-state index contributed by atoms with van der Waals surface area (Å²) in [5.41, 5.74) is 2.67. The summed E-state index contributed by atoms with van der Waals surface area (Å²) in [4.78, 5) is 17.4. The maximum Gasteiger partial charge on any atom is 0.261 e. The Balaban J connectivity index is 1.56. The standard InChI is InChI=1S/C22H21ClN6O3/c1-31-19-4-3-14(23)11-16(19)20-18(13-29(27-20)15-5-9-32-10-6-15)26-22(30)17-12-25-28-8-2-7-24-21(17)28/h2-4,7-8,11-13,15H,5-6,9-10H2,1H3,(H,26,30). The van der Waals surface area contributed by atoms with E-state index in [1.165, 1.54) is 6.20 Å². The minimum Gasteiger partial charge on any atom is -0.496 e. The van der Waals surface area contributed by atoms with Crippen molar-refractivity contribution in [3.8, 4) is 17.0 Å². The Bertz CT molecular complexity index is 1280. The monoisotopic (exact) mass is 452 g/mol. The predicted molar refractivity (Wildman–Crippen MR) is 119 cm³/mol. The Hall–Kier alpha value is -3.43. The maximum atomic E-state index is 13.2. The number of rotatable bonds is 5. The molecule has 32 heavy (non-hydrogen) atoms. The molecular weight excluding hydrogens is 432 g/mol. The number of aromatic nitrogens is 5. The van der Waals surface area contributed by atoms with E-state index in [1.54, 1.807) is 48.3 Å². The molecule has 4 aromatic rings. The van der Waals surface area contributed by atoms with Gasteiger partial charge in [-0.15, -0.1) is 0 Å². The van der Waals surface area contributed by atoms with E-state index in [2.05, 4.69) is 15.4 Å². The molecule has 1 aromatic carbocycles. The SMILES string of the molecule is COc1ccc(Cl)cc1-c1nn(C2CCOCC2)cc1NC(=O)c1cnn2cccnc12. The number of benzene rings is 1. The molecule has 0 aliphatic carbocycles. The van der Waals surface area contributed by atoms with Crippen LogP contribution in [0.1, 0.15) is 29.2 Å². The number of carbonyl (C=O) groups excluding carboxylic acids is 1. The minimum absolute atomic E-state index is 0.178. The van der Waals surface area contributed by atoms with E-state index in [9.17, 15) is 4.79 Å². The molecule has 4 heterocycles. The molecule has 0 bridgehead atoms. The fourth-order valence-corrected chi connectivity index (χ4v) is 4.03. The fourth-order valence-electron chi connectivity index (χ4n) is 3.86. The molecule has 0 unspecified atom stereocenters. The van der Waals surface area contributed by atoms with Crippen LogP contribution in [0.15, 0.2) is 49.1 Å². The second-order valence-corrected chi connectivity index (χ2v) is 7.90. The molecule has 1 aliphatic heterocycles. The largest absolute Gasteiger partial charge is 0.496 e. The number of ether oxygens (including phenoxy) is 2. The van der Waals surface area contributed by atoms with E-state index in [-0.39, 0.29) is 11.9 Å². The van der Waals surface area contributed by atoms with Gasteiger partial charge in [0, 0.05) is 42.4 Å². The van der Waals surface area contributed by atoms with Crippen molar-refractivity contribution in [1.82, 2.24) is 24.4 Å². The van der Waals surface area contributed by atoms with Gasteiger partial charge in [0.2, 0.25) is 0 Å². The molecule has 1 amide bonds. The van der Waals surface area contributed by atoms with Crippen LogP contribution in [0.25, 0.3) is 16.9 Å². The Morgan fingerprint density at radius 2 is 2.16 bits per heavy atom. The van der Waals surface area contributed by atoms with E-state index < -0.39 is 0 Å². The van der Waals surface area contributed by atoms with Gasteiger partial charge < -0.3 is 14.8 Å². The van der Waals surface area contributed by atoms with Crippen LogP contribution in [0.4, 0.5) is 5.69 Å². The summed E-state index contributed by atoms with van der Waals surface area (Å²) in [6, 6.07) is 7.25. The van der Waals surface area contributed by atoms with Crippen molar-refractivity contribution in [2.45, 2.75) is 18.9 Å². The first-order chi connectivity index (χ1) is 15.6. The maximum absolute atomic E-state index is 13.2. The number of carbonyl (C=O) groups is 1. The van der Waals surface area contributed by atoms with Gasteiger partial charge in [0.15, 0.2) is 5.65 Å². The minimum atomic E-state index is -0.326. The van der Waals surface area contributed by atoms with Crippen molar-refractivity contribution in [2.75, 3.05) is 25.6 Å². The lowest BCUT2D eigenvalue weighted by atomic mass is 10.1. The summed E-state index contributed by atoms with van der Waals surface area (Å²) >= 11 is 6.27. The zero-order valence-corrected chi connectivity index (χ0v) is 18.1. The second-order valence-electron chi connectivity index (χ2n) is 7.46. The highest BCUT2D eigenvalue weighted by Gasteiger charge is 2.24. The third-order valence-corrected chi connectivity index (χ3v) is 5.72. The van der Waals surface area contributed by atoms with E-state index >= 15 is 0 Å². The van der Waals surface area contributed by atoms with Gasteiger partial charge in [-0.25, -0.2) is 9.50 Å². The topological polar surface area (TPSA) is 95.6 Å². The number of amides is 1. The van der Waals surface area contributed by atoms with Gasteiger partial charge in [-0.1, -0.05) is 11.6 Å². The molecule has 0 radical (unpaired) electrons. The predicted octanol–water partition coefficient (Wildman–Crippen LogP) is 3.86. The third kappa shape index (κ3) is 3.80. The molecule has 1 saturated heterocycles. The fraction of sp³-hybridized carbons (Fsp3) is 0.273. The normalized spacial score (nSPS) is 14.6. The lowest BCUT2D eigenvalue weighted by Gasteiger charge is -2.22. The summed E-state index contributed by atoms with van der Waals surface area (Å²) in [6.45, 7) is 1.35. The lowest BCUT2D eigenvalue weighted by molar-refractivity contribution is 0.0663. The van der Waals surface area contributed by atoms with Crippen molar-refractivity contribution in [2.24, 2.45) is 0 Å². The lowest BCUT2D eigenvalue weighted by Crippen LogP contribution is -2.20. The summed E-state index contributed by atoms with van der Waals surface area (Å²) in [6.07, 6.45) is 8.41. The number of hydrogen-bond donors (Lipinski definition) is 1. The first-order valence-corrected chi connectivity index (χ1v) is 10.6. The second kappa shape index (κ2) is 8.60. The first-order valence-electron chi connectivity index (χ1n) is 10.2. The zero-order valence-electron chi connectivity index (χ0n) is 17.4. The van der Waals surface area contributed by atoms with Gasteiger partial charge in [-0.05, 0) is 37.1 Å². The Morgan fingerprint density at radius 1 is 1.31 bits per heavy atom. The van der Waals surface area contributed by atoms with Crippen molar-refractivity contribution < 1.29 is 14.3 Å². The van der Waals surface area contributed by atoms with Crippen LogP contribution in [0, 0.1) is 0 Å². The highest BCUT2D eigenvalue weighted by atomic mass is 35.5. The Kier molecular flexibility index (Phi) is 5.50. The van der Waals surface area contributed by atoms with Crippen molar-refractivity contribution in [3.63, 3.8) is 0 Å². The van der Waals surface area contributed by atoms with E-state index in [0.717, 1.165) is 12.8 Å². The van der Waals surface area contributed by atoms with E-state index in [4.69, 9.17) is 26.2 Å². The van der Waals surface area contributed by atoms with Gasteiger partial charge in [-0.3, -0.25) is 9.48 Å². The summed E-state index contributed by atoms with van der Waals surface area (Å²) in [5, 5.41) is 12.6. The number of halogens is 1. The summed E-state index contributed by atoms with van der Waals surface area (Å²) < 4.78 is 14.5. The van der Waals surface area contributed by atoms with Crippen LogP contribution in [0.3, 0.4) is 0 Å². The van der Waals surface area contributed by atoms with Gasteiger partial charge in [0.05, 0.1) is 25.0 Å². The van der Waals surface area contributed by atoms with Gasteiger partial charge >= 0.3 is 0 Å². The molecule has 5 rings (SSSR count). The molecule has 164 valence electrons. The van der Waals surface area contributed by atoms with Crippen molar-refractivity contribution in [1.29, 1.82) is 0 Å². The Labute approximate surface area is 188 Å². The highest BCUT2D eigenvalue weighted by molar-refractivity contribution is 6.31. The molecule has 0 saturated carbocycles. The average Bonchev–Trinajstić information content (AvgIpc) is 3.44. The molecular formula is C22H21ClN6O3. The van der Waals surface area contributed by atoms with Crippen LogP contribution in [-0.4, -0.2) is 50.6 Å².